The molecule has 0 saturated carbocycles. The Bertz CT molecular complexity index is 563. The normalized spacial score (nSPS) is 10.2. The summed E-state index contributed by atoms with van der Waals surface area (Å²) in [7, 11) is 1.78. The number of carbonyl (C=O) groups excluding carboxylic acids is 1. The van der Waals surface area contributed by atoms with Crippen molar-refractivity contribution < 1.29 is 4.79 Å². The number of amides is 1. The molecule has 2 aromatic rings. The third kappa shape index (κ3) is 2.54. The summed E-state index contributed by atoms with van der Waals surface area (Å²) in [5.74, 6) is -0.0408. The van der Waals surface area contributed by atoms with Gasteiger partial charge in [-0.05, 0) is 42.8 Å². The first kappa shape index (κ1) is 12.7. The number of benzene rings is 2. The first-order chi connectivity index (χ1) is 8.59. The highest BCUT2D eigenvalue weighted by Crippen LogP contribution is 2.20. The number of halogens is 1. The van der Waals surface area contributed by atoms with Gasteiger partial charge in [-0.25, -0.2) is 0 Å². The molecule has 0 radical (unpaired) electrons. The second kappa shape index (κ2) is 5.23. The Labute approximate surface area is 112 Å². The highest BCUT2D eigenvalue weighted by atomic mass is 35.5. The summed E-state index contributed by atoms with van der Waals surface area (Å²) < 4.78 is 0. The molecule has 2 rings (SSSR count). The van der Waals surface area contributed by atoms with Crippen molar-refractivity contribution in [1.82, 2.24) is 0 Å². The van der Waals surface area contributed by atoms with Gasteiger partial charge in [-0.15, -0.1) is 0 Å². The standard InChI is InChI=1S/C15H14ClNO/c1-11-5-3-4-6-14(11)17(2)15(18)12-7-9-13(16)10-8-12/h3-10H,1-2H3. The van der Waals surface area contributed by atoms with Crippen LogP contribution in [0.25, 0.3) is 0 Å². The van der Waals surface area contributed by atoms with E-state index in [1.54, 1.807) is 36.2 Å². The molecular weight excluding hydrogens is 246 g/mol. The number of aryl methyl sites for hydroxylation is 1. The van der Waals surface area contributed by atoms with E-state index in [-0.39, 0.29) is 5.91 Å². The Hall–Kier alpha value is -1.80. The van der Waals surface area contributed by atoms with Crippen LogP contribution in [0.3, 0.4) is 0 Å². The molecule has 1 amide bonds. The van der Waals surface area contributed by atoms with Crippen LogP contribution in [0.4, 0.5) is 5.69 Å². The van der Waals surface area contributed by atoms with E-state index < -0.39 is 0 Å². The maximum atomic E-state index is 12.3. The fourth-order valence-corrected chi connectivity index (χ4v) is 1.96. The Morgan fingerprint density at radius 1 is 1.06 bits per heavy atom. The van der Waals surface area contributed by atoms with Gasteiger partial charge in [0, 0.05) is 23.3 Å². The summed E-state index contributed by atoms with van der Waals surface area (Å²) in [6, 6.07) is 14.7. The Morgan fingerprint density at radius 2 is 1.67 bits per heavy atom. The molecule has 0 unspecified atom stereocenters. The molecule has 0 fully saturated rings. The lowest BCUT2D eigenvalue weighted by atomic mass is 10.1. The number of para-hydroxylation sites is 1. The van der Waals surface area contributed by atoms with Crippen molar-refractivity contribution >= 4 is 23.2 Å². The van der Waals surface area contributed by atoms with E-state index in [9.17, 15) is 4.79 Å². The predicted molar refractivity (Wildman–Crippen MR) is 75.4 cm³/mol. The molecule has 0 N–H and O–H groups in total. The van der Waals surface area contributed by atoms with Crippen LogP contribution in [0.15, 0.2) is 48.5 Å². The molecule has 0 heterocycles. The van der Waals surface area contributed by atoms with Crippen molar-refractivity contribution in [1.29, 1.82) is 0 Å². The number of rotatable bonds is 2. The summed E-state index contributed by atoms with van der Waals surface area (Å²) >= 11 is 5.81. The minimum Gasteiger partial charge on any atom is -0.311 e. The van der Waals surface area contributed by atoms with Crippen molar-refractivity contribution in [3.05, 3.63) is 64.7 Å². The smallest absolute Gasteiger partial charge is 0.258 e. The van der Waals surface area contributed by atoms with Crippen LogP contribution in [0.2, 0.25) is 5.02 Å². The number of carbonyl (C=O) groups is 1. The van der Waals surface area contributed by atoms with Crippen molar-refractivity contribution in [2.75, 3.05) is 11.9 Å². The quantitative estimate of drug-likeness (QED) is 0.800. The Morgan fingerprint density at radius 3 is 2.28 bits per heavy atom. The highest BCUT2D eigenvalue weighted by molar-refractivity contribution is 6.30. The van der Waals surface area contributed by atoms with Crippen molar-refractivity contribution in [2.45, 2.75) is 6.92 Å². The Kier molecular flexibility index (Phi) is 3.68. The minimum absolute atomic E-state index is 0.0408. The van der Waals surface area contributed by atoms with Crippen molar-refractivity contribution in [3.63, 3.8) is 0 Å². The molecule has 0 bridgehead atoms. The molecule has 2 nitrogen and oxygen atoms in total. The van der Waals surface area contributed by atoms with E-state index in [0.717, 1.165) is 11.3 Å². The van der Waals surface area contributed by atoms with Crippen LogP contribution < -0.4 is 4.90 Å². The molecule has 0 spiro atoms. The zero-order chi connectivity index (χ0) is 13.1. The largest absolute Gasteiger partial charge is 0.311 e. The lowest BCUT2D eigenvalue weighted by Gasteiger charge is -2.19. The molecule has 0 atom stereocenters. The average molecular weight is 260 g/mol. The molecular formula is C15H14ClNO. The monoisotopic (exact) mass is 259 g/mol. The second-order valence-electron chi connectivity index (χ2n) is 4.16. The van der Waals surface area contributed by atoms with Gasteiger partial charge in [0.2, 0.25) is 0 Å². The number of anilines is 1. The molecule has 0 aliphatic carbocycles. The lowest BCUT2D eigenvalue weighted by Crippen LogP contribution is -2.26. The minimum atomic E-state index is -0.0408. The van der Waals surface area contributed by atoms with E-state index >= 15 is 0 Å². The van der Waals surface area contributed by atoms with Crippen LogP contribution >= 0.6 is 11.6 Å². The second-order valence-corrected chi connectivity index (χ2v) is 4.59. The fourth-order valence-electron chi connectivity index (χ4n) is 1.84. The summed E-state index contributed by atoms with van der Waals surface area (Å²) in [5, 5.41) is 0.630. The maximum absolute atomic E-state index is 12.3. The first-order valence-corrected chi connectivity index (χ1v) is 6.06. The van der Waals surface area contributed by atoms with Crippen molar-refractivity contribution in [2.24, 2.45) is 0 Å². The molecule has 2 aromatic carbocycles. The van der Waals surface area contributed by atoms with Crippen LogP contribution in [-0.4, -0.2) is 13.0 Å². The first-order valence-electron chi connectivity index (χ1n) is 5.69. The molecule has 18 heavy (non-hydrogen) atoms. The zero-order valence-electron chi connectivity index (χ0n) is 10.4. The third-order valence-electron chi connectivity index (χ3n) is 2.87. The number of nitrogens with zero attached hydrogens (tertiary/aromatic N) is 1. The summed E-state index contributed by atoms with van der Waals surface area (Å²) in [6.07, 6.45) is 0. The van der Waals surface area contributed by atoms with E-state index in [2.05, 4.69) is 0 Å². The van der Waals surface area contributed by atoms with Gasteiger partial charge in [0.15, 0.2) is 0 Å². The van der Waals surface area contributed by atoms with E-state index in [1.165, 1.54) is 0 Å². The van der Waals surface area contributed by atoms with E-state index in [4.69, 9.17) is 11.6 Å². The fraction of sp³-hybridized carbons (Fsp3) is 0.133. The molecule has 0 saturated heterocycles. The van der Waals surface area contributed by atoms with E-state index in [1.807, 2.05) is 31.2 Å². The summed E-state index contributed by atoms with van der Waals surface area (Å²) in [5.41, 5.74) is 2.62. The third-order valence-corrected chi connectivity index (χ3v) is 3.12. The van der Waals surface area contributed by atoms with Gasteiger partial charge in [0.1, 0.15) is 0 Å². The zero-order valence-corrected chi connectivity index (χ0v) is 11.1. The summed E-state index contributed by atoms with van der Waals surface area (Å²) in [6.45, 7) is 1.99. The van der Waals surface area contributed by atoms with Gasteiger partial charge < -0.3 is 4.90 Å². The van der Waals surface area contributed by atoms with Gasteiger partial charge in [0.25, 0.3) is 5.91 Å². The molecule has 0 aliphatic heterocycles. The van der Waals surface area contributed by atoms with Crippen LogP contribution in [-0.2, 0) is 0 Å². The molecule has 92 valence electrons. The number of hydrogen-bond acceptors (Lipinski definition) is 1. The topological polar surface area (TPSA) is 20.3 Å². The predicted octanol–water partition coefficient (Wildman–Crippen LogP) is 3.93. The summed E-state index contributed by atoms with van der Waals surface area (Å²) in [4.78, 5) is 13.9. The Balaban J connectivity index is 2.29. The molecule has 3 heteroatoms. The number of hydrogen-bond donors (Lipinski definition) is 0. The maximum Gasteiger partial charge on any atom is 0.258 e. The van der Waals surface area contributed by atoms with E-state index in [0.29, 0.717) is 10.6 Å². The van der Waals surface area contributed by atoms with Crippen molar-refractivity contribution in [3.8, 4) is 0 Å². The van der Waals surface area contributed by atoms with Crippen LogP contribution in [0.5, 0.6) is 0 Å². The highest BCUT2D eigenvalue weighted by Gasteiger charge is 2.14. The molecule has 0 aliphatic rings. The average Bonchev–Trinajstić information content (AvgIpc) is 2.38. The van der Waals surface area contributed by atoms with Crippen LogP contribution in [0, 0.1) is 6.92 Å². The van der Waals surface area contributed by atoms with Gasteiger partial charge in [0.05, 0.1) is 0 Å². The SMILES string of the molecule is Cc1ccccc1N(C)C(=O)c1ccc(Cl)cc1. The van der Waals surface area contributed by atoms with Gasteiger partial charge in [-0.3, -0.25) is 4.79 Å². The van der Waals surface area contributed by atoms with Crippen LogP contribution in [0.1, 0.15) is 15.9 Å². The van der Waals surface area contributed by atoms with Gasteiger partial charge in [-0.2, -0.15) is 0 Å². The molecule has 0 aromatic heterocycles. The lowest BCUT2D eigenvalue weighted by molar-refractivity contribution is 0.0993. The van der Waals surface area contributed by atoms with Gasteiger partial charge >= 0.3 is 0 Å². The van der Waals surface area contributed by atoms with Gasteiger partial charge in [-0.1, -0.05) is 29.8 Å².